The molecular weight excluding hydrogens is 404 g/mol. The minimum atomic E-state index is -5.72. The van der Waals surface area contributed by atoms with E-state index in [2.05, 4.69) is 9.72 Å². The maximum absolute atomic E-state index is 12.5. The lowest BCUT2D eigenvalue weighted by Gasteiger charge is -2.35. The van der Waals surface area contributed by atoms with Crippen molar-refractivity contribution in [2.75, 3.05) is 26.2 Å². The molecule has 29 heavy (non-hydrogen) atoms. The summed E-state index contributed by atoms with van der Waals surface area (Å²) in [6, 6.07) is 3.76. The quantitative estimate of drug-likeness (QED) is 0.680. The first-order valence-electron chi connectivity index (χ1n) is 8.82. The van der Waals surface area contributed by atoms with E-state index in [1.54, 1.807) is 0 Å². The van der Waals surface area contributed by atoms with Crippen molar-refractivity contribution in [3.8, 4) is 0 Å². The van der Waals surface area contributed by atoms with Gasteiger partial charge in [0.25, 0.3) is 6.10 Å². The van der Waals surface area contributed by atoms with Crippen molar-refractivity contribution < 1.29 is 35.9 Å². The smallest absolute Gasteiger partial charge is 0.426 e. The van der Waals surface area contributed by atoms with Crippen molar-refractivity contribution in [2.24, 2.45) is 0 Å². The Bertz CT molecular complexity index is 726. The minimum absolute atomic E-state index is 0.0447. The average Bonchev–Trinajstić information content (AvgIpc) is 2.60. The highest BCUT2D eigenvalue weighted by Gasteiger charge is 2.60. The molecule has 0 aliphatic carbocycles. The monoisotopic (exact) mass is 425 g/mol. The molecule has 1 aromatic rings. The van der Waals surface area contributed by atoms with Gasteiger partial charge in [0.2, 0.25) is 0 Å². The first-order chi connectivity index (χ1) is 13.4. The normalized spacial score (nSPS) is 16.7. The number of alkyl halides is 6. The fourth-order valence-corrected chi connectivity index (χ4v) is 2.88. The van der Waals surface area contributed by atoms with Crippen molar-refractivity contribution in [3.05, 3.63) is 35.2 Å². The lowest BCUT2D eigenvalue weighted by molar-refractivity contribution is -0.308. The Balaban J connectivity index is 1.91. The molecule has 2 heterocycles. The van der Waals surface area contributed by atoms with Crippen LogP contribution in [0.2, 0.25) is 0 Å². The number of ether oxygens (including phenoxy) is 1. The van der Waals surface area contributed by atoms with Crippen LogP contribution < -0.4 is 0 Å². The molecule has 0 saturated carbocycles. The highest BCUT2D eigenvalue weighted by molar-refractivity contribution is 5.68. The molecule has 2 rings (SSSR count). The number of hydrogen-bond donors (Lipinski definition) is 0. The van der Waals surface area contributed by atoms with Crippen molar-refractivity contribution in [3.63, 3.8) is 0 Å². The SMILES string of the molecule is CC=Cc1ccc(CN2CCN(C(=O)OC(C(F)(F)F)C(F)(F)F)CC2)nc1C. The number of pyridine rings is 1. The number of carbonyl (C=O) groups is 1. The highest BCUT2D eigenvalue weighted by atomic mass is 19.4. The van der Waals surface area contributed by atoms with Crippen LogP contribution in [0.25, 0.3) is 6.08 Å². The van der Waals surface area contributed by atoms with Gasteiger partial charge in [-0.15, -0.1) is 0 Å². The van der Waals surface area contributed by atoms with E-state index in [0.29, 0.717) is 6.54 Å². The van der Waals surface area contributed by atoms with E-state index in [1.807, 2.05) is 43.0 Å². The van der Waals surface area contributed by atoms with E-state index in [-0.39, 0.29) is 26.2 Å². The molecule has 11 heteroatoms. The Morgan fingerprint density at radius 1 is 1.14 bits per heavy atom. The Labute approximate surface area is 163 Å². The molecule has 1 aliphatic heterocycles. The molecule has 162 valence electrons. The van der Waals surface area contributed by atoms with Crippen LogP contribution in [0.15, 0.2) is 18.2 Å². The summed E-state index contributed by atoms with van der Waals surface area (Å²) in [7, 11) is 0. The zero-order valence-electron chi connectivity index (χ0n) is 15.8. The summed E-state index contributed by atoms with van der Waals surface area (Å²) >= 11 is 0. The number of piperazine rings is 1. The molecule has 1 aromatic heterocycles. The van der Waals surface area contributed by atoms with Gasteiger partial charge in [-0.3, -0.25) is 9.88 Å². The highest BCUT2D eigenvalue weighted by Crippen LogP contribution is 2.36. The molecule has 0 radical (unpaired) electrons. The number of amides is 1. The van der Waals surface area contributed by atoms with E-state index in [1.165, 1.54) is 0 Å². The van der Waals surface area contributed by atoms with Crippen LogP contribution in [0.5, 0.6) is 0 Å². The Morgan fingerprint density at radius 2 is 1.72 bits per heavy atom. The average molecular weight is 425 g/mol. The molecule has 0 bridgehead atoms. The Morgan fingerprint density at radius 3 is 2.21 bits per heavy atom. The summed E-state index contributed by atoms with van der Waals surface area (Å²) in [6.07, 6.45) is -13.4. The van der Waals surface area contributed by atoms with Gasteiger partial charge in [-0.2, -0.15) is 26.3 Å². The molecular formula is C18H21F6N3O2. The van der Waals surface area contributed by atoms with Crippen molar-refractivity contribution in [2.45, 2.75) is 38.8 Å². The number of halogens is 6. The lowest BCUT2D eigenvalue weighted by Crippen LogP contribution is -2.52. The van der Waals surface area contributed by atoms with Crippen LogP contribution in [0.3, 0.4) is 0 Å². The van der Waals surface area contributed by atoms with E-state index < -0.39 is 24.5 Å². The van der Waals surface area contributed by atoms with Gasteiger partial charge in [-0.05, 0) is 25.5 Å². The van der Waals surface area contributed by atoms with Gasteiger partial charge in [-0.1, -0.05) is 18.2 Å². The van der Waals surface area contributed by atoms with Crippen molar-refractivity contribution in [1.29, 1.82) is 0 Å². The number of nitrogens with zero attached hydrogens (tertiary/aromatic N) is 3. The fourth-order valence-electron chi connectivity index (χ4n) is 2.88. The number of allylic oxidation sites excluding steroid dienone is 1. The van der Waals surface area contributed by atoms with Gasteiger partial charge in [0.05, 0.1) is 5.69 Å². The predicted molar refractivity (Wildman–Crippen MR) is 92.9 cm³/mol. The minimum Gasteiger partial charge on any atom is -0.426 e. The van der Waals surface area contributed by atoms with Crippen molar-refractivity contribution >= 4 is 12.2 Å². The molecule has 1 aliphatic rings. The summed E-state index contributed by atoms with van der Waals surface area (Å²) in [6.45, 7) is 4.67. The molecule has 0 spiro atoms. The number of rotatable bonds is 4. The van der Waals surface area contributed by atoms with Crippen LogP contribution in [0, 0.1) is 6.92 Å². The third kappa shape index (κ3) is 6.34. The second kappa shape index (κ2) is 9.02. The van der Waals surface area contributed by atoms with Crippen molar-refractivity contribution in [1.82, 2.24) is 14.8 Å². The van der Waals surface area contributed by atoms with Crippen LogP contribution in [-0.2, 0) is 11.3 Å². The zero-order chi connectivity index (χ0) is 21.8. The molecule has 0 aromatic carbocycles. The maximum atomic E-state index is 12.5. The summed E-state index contributed by atoms with van der Waals surface area (Å²) in [5.41, 5.74) is 2.60. The van der Waals surface area contributed by atoms with E-state index in [9.17, 15) is 31.1 Å². The second-order valence-corrected chi connectivity index (χ2v) is 6.59. The molecule has 5 nitrogen and oxygen atoms in total. The molecule has 1 fully saturated rings. The molecule has 1 amide bonds. The van der Waals surface area contributed by atoms with Crippen LogP contribution >= 0.6 is 0 Å². The van der Waals surface area contributed by atoms with Crippen LogP contribution in [0.1, 0.15) is 23.9 Å². The largest absolute Gasteiger partial charge is 0.434 e. The number of aryl methyl sites for hydroxylation is 1. The molecule has 0 unspecified atom stereocenters. The number of hydrogen-bond acceptors (Lipinski definition) is 4. The number of aromatic nitrogens is 1. The van der Waals surface area contributed by atoms with Crippen LogP contribution in [-0.4, -0.2) is 65.5 Å². The summed E-state index contributed by atoms with van der Waals surface area (Å²) < 4.78 is 78.9. The Kier molecular flexibility index (Phi) is 7.15. The maximum Gasteiger partial charge on any atom is 0.434 e. The molecule has 0 atom stereocenters. The first-order valence-corrected chi connectivity index (χ1v) is 8.82. The van der Waals surface area contributed by atoms with Gasteiger partial charge in [0.1, 0.15) is 0 Å². The lowest BCUT2D eigenvalue weighted by atomic mass is 10.1. The third-order valence-corrected chi connectivity index (χ3v) is 4.36. The first kappa shape index (κ1) is 23.0. The zero-order valence-corrected chi connectivity index (χ0v) is 15.8. The van der Waals surface area contributed by atoms with E-state index >= 15 is 0 Å². The van der Waals surface area contributed by atoms with E-state index in [4.69, 9.17) is 0 Å². The van der Waals surface area contributed by atoms with E-state index in [0.717, 1.165) is 21.9 Å². The second-order valence-electron chi connectivity index (χ2n) is 6.59. The van der Waals surface area contributed by atoms with Crippen LogP contribution in [0.4, 0.5) is 31.1 Å². The topological polar surface area (TPSA) is 45.7 Å². The Hall–Kier alpha value is -2.30. The molecule has 0 N–H and O–H groups in total. The van der Waals surface area contributed by atoms with Gasteiger partial charge in [0.15, 0.2) is 0 Å². The summed E-state index contributed by atoms with van der Waals surface area (Å²) in [5, 5.41) is 0. The fraction of sp³-hybridized carbons (Fsp3) is 0.556. The standard InChI is InChI=1S/C18H21F6N3O2/c1-3-4-13-5-6-14(25-12(13)2)11-26-7-9-27(10-8-26)16(28)29-15(17(19,20)21)18(22,23)24/h3-6,15H,7-11H2,1-2H3. The number of carbonyl (C=O) groups excluding carboxylic acids is 1. The predicted octanol–water partition coefficient (Wildman–Crippen LogP) is 4.17. The van der Waals surface area contributed by atoms with Gasteiger partial charge >= 0.3 is 18.4 Å². The third-order valence-electron chi connectivity index (χ3n) is 4.36. The van der Waals surface area contributed by atoms with Gasteiger partial charge in [-0.25, -0.2) is 4.79 Å². The molecule has 1 saturated heterocycles. The van der Waals surface area contributed by atoms with Gasteiger partial charge in [0, 0.05) is 38.4 Å². The summed E-state index contributed by atoms with van der Waals surface area (Å²) in [5.74, 6) is 0. The summed E-state index contributed by atoms with van der Waals surface area (Å²) in [4.78, 5) is 19.0. The van der Waals surface area contributed by atoms with Gasteiger partial charge < -0.3 is 9.64 Å².